The summed E-state index contributed by atoms with van der Waals surface area (Å²) in [6.45, 7) is 6.19. The number of benzene rings is 1. The summed E-state index contributed by atoms with van der Waals surface area (Å²) in [6, 6.07) is 5.13. The molecule has 1 aliphatic heterocycles. The molecule has 1 saturated heterocycles. The third-order valence-corrected chi connectivity index (χ3v) is 4.98. The molecule has 156 valence electrons. The molecule has 0 spiro atoms. The van der Waals surface area contributed by atoms with Gasteiger partial charge < -0.3 is 24.6 Å². The highest BCUT2D eigenvalue weighted by Gasteiger charge is 2.32. The van der Waals surface area contributed by atoms with Crippen LogP contribution in [-0.2, 0) is 4.79 Å². The van der Waals surface area contributed by atoms with Gasteiger partial charge in [0, 0.05) is 37.8 Å². The standard InChI is InChI=1S/C21H33N3O4/c1-5-7-11-23(12-8-6-2)21(26)22-16-13-20(25)24(15-16)17-9-10-18(27-3)19(14-17)28-4/h9-10,14,16H,5-8,11-13,15H2,1-4H3,(H,22,26). The van der Waals surface area contributed by atoms with Crippen molar-refractivity contribution in [3.8, 4) is 11.5 Å². The number of carbonyl (C=O) groups is 2. The van der Waals surface area contributed by atoms with Gasteiger partial charge in [-0.25, -0.2) is 4.79 Å². The third-order valence-electron chi connectivity index (χ3n) is 4.98. The topological polar surface area (TPSA) is 71.1 Å². The molecule has 1 heterocycles. The van der Waals surface area contributed by atoms with Crippen LogP contribution in [0.3, 0.4) is 0 Å². The summed E-state index contributed by atoms with van der Waals surface area (Å²) >= 11 is 0. The summed E-state index contributed by atoms with van der Waals surface area (Å²) < 4.78 is 10.6. The first-order valence-electron chi connectivity index (χ1n) is 10.1. The number of anilines is 1. The molecule has 28 heavy (non-hydrogen) atoms. The van der Waals surface area contributed by atoms with Crippen molar-refractivity contribution in [2.45, 2.75) is 52.0 Å². The van der Waals surface area contributed by atoms with Gasteiger partial charge in [0.2, 0.25) is 5.91 Å². The van der Waals surface area contributed by atoms with Crippen LogP contribution in [0.5, 0.6) is 11.5 Å². The van der Waals surface area contributed by atoms with Crippen LogP contribution < -0.4 is 19.7 Å². The molecule has 3 amide bonds. The maximum absolute atomic E-state index is 12.7. The van der Waals surface area contributed by atoms with Crippen molar-refractivity contribution in [1.82, 2.24) is 10.2 Å². The molecule has 0 aliphatic carbocycles. The molecule has 0 aromatic heterocycles. The number of nitrogens with one attached hydrogen (secondary N) is 1. The van der Waals surface area contributed by atoms with Crippen LogP contribution in [0.2, 0.25) is 0 Å². The maximum Gasteiger partial charge on any atom is 0.317 e. The van der Waals surface area contributed by atoms with Gasteiger partial charge in [-0.1, -0.05) is 26.7 Å². The highest BCUT2D eigenvalue weighted by molar-refractivity contribution is 5.97. The van der Waals surface area contributed by atoms with Crippen LogP contribution in [0.25, 0.3) is 0 Å². The number of amides is 3. The van der Waals surface area contributed by atoms with Crippen LogP contribution in [-0.4, -0.2) is 56.7 Å². The van der Waals surface area contributed by atoms with Gasteiger partial charge in [0.25, 0.3) is 0 Å². The van der Waals surface area contributed by atoms with E-state index in [9.17, 15) is 9.59 Å². The van der Waals surface area contributed by atoms with Crippen LogP contribution in [0.1, 0.15) is 46.0 Å². The van der Waals surface area contributed by atoms with Crippen LogP contribution in [0.4, 0.5) is 10.5 Å². The molecule has 1 aliphatic rings. The summed E-state index contributed by atoms with van der Waals surface area (Å²) in [4.78, 5) is 28.8. The lowest BCUT2D eigenvalue weighted by atomic mass is 10.2. The number of ether oxygens (including phenoxy) is 2. The van der Waals surface area contributed by atoms with E-state index in [0.29, 0.717) is 24.5 Å². The van der Waals surface area contributed by atoms with Crippen molar-refractivity contribution in [2.24, 2.45) is 0 Å². The SMILES string of the molecule is CCCCN(CCCC)C(=O)NC1CC(=O)N(c2ccc(OC)c(OC)c2)C1. The van der Waals surface area contributed by atoms with Gasteiger partial charge in [0.15, 0.2) is 11.5 Å². The van der Waals surface area contributed by atoms with E-state index >= 15 is 0 Å². The van der Waals surface area contributed by atoms with E-state index in [0.717, 1.165) is 44.5 Å². The van der Waals surface area contributed by atoms with Crippen molar-refractivity contribution >= 4 is 17.6 Å². The fourth-order valence-corrected chi connectivity index (χ4v) is 3.33. The van der Waals surface area contributed by atoms with Crippen LogP contribution in [0, 0.1) is 0 Å². The van der Waals surface area contributed by atoms with Gasteiger partial charge in [-0.05, 0) is 25.0 Å². The van der Waals surface area contributed by atoms with E-state index in [1.807, 2.05) is 11.0 Å². The number of urea groups is 1. The molecule has 0 bridgehead atoms. The number of rotatable bonds is 10. The summed E-state index contributed by atoms with van der Waals surface area (Å²) in [5, 5.41) is 3.05. The highest BCUT2D eigenvalue weighted by Crippen LogP contribution is 2.33. The smallest absolute Gasteiger partial charge is 0.317 e. The minimum Gasteiger partial charge on any atom is -0.493 e. The van der Waals surface area contributed by atoms with Crippen molar-refractivity contribution in [3.63, 3.8) is 0 Å². The van der Waals surface area contributed by atoms with Crippen molar-refractivity contribution in [3.05, 3.63) is 18.2 Å². The Kier molecular flexibility index (Phi) is 8.42. The monoisotopic (exact) mass is 391 g/mol. The minimum absolute atomic E-state index is 0.00816. The largest absolute Gasteiger partial charge is 0.493 e. The average molecular weight is 392 g/mol. The number of hydrogen-bond donors (Lipinski definition) is 1. The Morgan fingerprint density at radius 1 is 1.14 bits per heavy atom. The van der Waals surface area contributed by atoms with Gasteiger partial charge in [-0.15, -0.1) is 0 Å². The van der Waals surface area contributed by atoms with Gasteiger partial charge >= 0.3 is 6.03 Å². The Balaban J connectivity index is 2.02. The third kappa shape index (κ3) is 5.53. The predicted octanol–water partition coefficient (Wildman–Crippen LogP) is 3.42. The molecular weight excluding hydrogens is 358 g/mol. The number of unbranched alkanes of at least 4 members (excludes halogenated alkanes) is 2. The summed E-state index contributed by atoms with van der Waals surface area (Å²) in [5.74, 6) is 1.18. The van der Waals surface area contributed by atoms with Crippen molar-refractivity contribution < 1.29 is 19.1 Å². The number of hydrogen-bond acceptors (Lipinski definition) is 4. The van der Waals surface area contributed by atoms with E-state index in [4.69, 9.17) is 9.47 Å². The summed E-state index contributed by atoms with van der Waals surface area (Å²) in [7, 11) is 3.14. The Morgan fingerprint density at radius 3 is 2.36 bits per heavy atom. The molecule has 1 fully saturated rings. The van der Waals surface area contributed by atoms with E-state index < -0.39 is 0 Å². The van der Waals surface area contributed by atoms with Gasteiger partial charge in [0.1, 0.15) is 0 Å². The van der Waals surface area contributed by atoms with Gasteiger partial charge in [0.05, 0.1) is 20.3 Å². The molecule has 1 atom stereocenters. The maximum atomic E-state index is 12.7. The predicted molar refractivity (Wildman–Crippen MR) is 110 cm³/mol. The van der Waals surface area contributed by atoms with Crippen LogP contribution >= 0.6 is 0 Å². The molecule has 0 radical (unpaired) electrons. The first-order chi connectivity index (χ1) is 13.5. The zero-order valence-electron chi connectivity index (χ0n) is 17.5. The van der Waals surface area contributed by atoms with Gasteiger partial charge in [-0.3, -0.25) is 4.79 Å². The second kappa shape index (κ2) is 10.8. The molecular formula is C21H33N3O4. The number of nitrogens with zero attached hydrogens (tertiary/aromatic N) is 2. The summed E-state index contributed by atoms with van der Waals surface area (Å²) in [5.41, 5.74) is 0.744. The fraction of sp³-hybridized carbons (Fsp3) is 0.619. The molecule has 1 unspecified atom stereocenters. The lowest BCUT2D eigenvalue weighted by Gasteiger charge is -2.25. The zero-order valence-corrected chi connectivity index (χ0v) is 17.5. The normalized spacial score (nSPS) is 16.2. The second-order valence-corrected chi connectivity index (χ2v) is 7.09. The number of carbonyl (C=O) groups excluding carboxylic acids is 2. The first-order valence-corrected chi connectivity index (χ1v) is 10.1. The molecule has 2 rings (SSSR count). The van der Waals surface area contributed by atoms with E-state index in [1.165, 1.54) is 0 Å². The lowest BCUT2D eigenvalue weighted by molar-refractivity contribution is -0.117. The highest BCUT2D eigenvalue weighted by atomic mass is 16.5. The van der Waals surface area contributed by atoms with Gasteiger partial charge in [-0.2, -0.15) is 0 Å². The molecule has 0 saturated carbocycles. The Hall–Kier alpha value is -2.44. The molecule has 7 nitrogen and oxygen atoms in total. The van der Waals surface area contributed by atoms with E-state index in [-0.39, 0.29) is 18.0 Å². The Morgan fingerprint density at radius 2 is 1.79 bits per heavy atom. The minimum atomic E-state index is -0.196. The Bertz CT molecular complexity index is 657. The lowest BCUT2D eigenvalue weighted by Crippen LogP contribution is -2.46. The van der Waals surface area contributed by atoms with Crippen molar-refractivity contribution in [1.29, 1.82) is 0 Å². The fourth-order valence-electron chi connectivity index (χ4n) is 3.33. The average Bonchev–Trinajstić information content (AvgIpc) is 3.07. The Labute approximate surface area is 168 Å². The second-order valence-electron chi connectivity index (χ2n) is 7.09. The molecule has 7 heteroatoms. The zero-order chi connectivity index (χ0) is 20.5. The molecule has 1 aromatic rings. The first kappa shape index (κ1) is 21.9. The van der Waals surface area contributed by atoms with Crippen molar-refractivity contribution in [2.75, 3.05) is 38.8 Å². The quantitative estimate of drug-likeness (QED) is 0.663. The molecule has 1 N–H and O–H groups in total. The summed E-state index contributed by atoms with van der Waals surface area (Å²) in [6.07, 6.45) is 4.36. The van der Waals surface area contributed by atoms with E-state index in [1.54, 1.807) is 31.3 Å². The van der Waals surface area contributed by atoms with E-state index in [2.05, 4.69) is 19.2 Å². The number of methoxy groups -OCH3 is 2. The molecule has 1 aromatic carbocycles. The van der Waals surface area contributed by atoms with Crippen LogP contribution in [0.15, 0.2) is 18.2 Å².